The Morgan fingerprint density at radius 1 is 1.10 bits per heavy atom. The van der Waals surface area contributed by atoms with Gasteiger partial charge in [0.15, 0.2) is 0 Å². The van der Waals surface area contributed by atoms with Gasteiger partial charge in [-0.25, -0.2) is 14.4 Å². The van der Waals surface area contributed by atoms with Crippen molar-refractivity contribution < 1.29 is 23.9 Å². The average molecular weight is 431 g/mol. The minimum Gasteiger partial charge on any atom is -0.465 e. The van der Waals surface area contributed by atoms with E-state index in [0.29, 0.717) is 5.56 Å². The summed E-state index contributed by atoms with van der Waals surface area (Å²) in [5.41, 5.74) is 2.60. The largest absolute Gasteiger partial charge is 0.465 e. The quantitative estimate of drug-likeness (QED) is 0.647. The van der Waals surface area contributed by atoms with Gasteiger partial charge in [-0.2, -0.15) is 0 Å². The van der Waals surface area contributed by atoms with Crippen LogP contribution in [0, 0.1) is 6.92 Å². The Morgan fingerprint density at radius 2 is 1.73 bits per heavy atom. The summed E-state index contributed by atoms with van der Waals surface area (Å²) in [5, 5.41) is 5.79. The number of allylic oxidation sites excluding steroid dienone is 1. The molecule has 0 aliphatic rings. The van der Waals surface area contributed by atoms with Gasteiger partial charge in [0.2, 0.25) is 0 Å². The van der Waals surface area contributed by atoms with E-state index in [1.807, 2.05) is 45.0 Å². The van der Waals surface area contributed by atoms with Gasteiger partial charge in [0.1, 0.15) is 9.88 Å². The number of anilines is 1. The number of nitrogens with one attached hydrogen (secondary N) is 2. The Kier molecular flexibility index (Phi) is 7.04. The minimum absolute atomic E-state index is 0.125. The van der Waals surface area contributed by atoms with Crippen LogP contribution >= 0.6 is 11.3 Å². The van der Waals surface area contributed by atoms with Crippen molar-refractivity contribution in [3.8, 4) is 0 Å². The van der Waals surface area contributed by atoms with Gasteiger partial charge in [0.05, 0.1) is 25.3 Å². The van der Waals surface area contributed by atoms with E-state index in [-0.39, 0.29) is 15.4 Å². The predicted molar refractivity (Wildman–Crippen MR) is 118 cm³/mol. The Hall–Kier alpha value is -3.13. The molecule has 0 bridgehead atoms. The summed E-state index contributed by atoms with van der Waals surface area (Å²) in [5.74, 6) is -1.24. The molecule has 0 atom stereocenters. The third-order valence-electron chi connectivity index (χ3n) is 4.64. The van der Waals surface area contributed by atoms with Crippen LogP contribution in [0.4, 0.5) is 9.80 Å². The lowest BCUT2D eigenvalue weighted by molar-refractivity contribution is 0.0601. The summed E-state index contributed by atoms with van der Waals surface area (Å²) in [6, 6.07) is 7.21. The van der Waals surface area contributed by atoms with Crippen molar-refractivity contribution in [3.63, 3.8) is 0 Å². The topological polar surface area (TPSA) is 93.7 Å². The lowest BCUT2D eigenvalue weighted by Gasteiger charge is -2.27. The molecule has 7 nitrogen and oxygen atoms in total. The lowest BCUT2D eigenvalue weighted by atomic mass is 9.92. The van der Waals surface area contributed by atoms with Gasteiger partial charge >= 0.3 is 18.0 Å². The second kappa shape index (κ2) is 9.13. The highest BCUT2D eigenvalue weighted by atomic mass is 32.1. The van der Waals surface area contributed by atoms with Gasteiger partial charge in [-0.1, -0.05) is 30.4 Å². The standard InChI is InChI=1S/C22H26N2O5S/c1-12(2)14-9-8-10-15(11-14)22(4,5)24-21(27)23-18-16(19(25)28-6)13(3)17(30-18)20(26)29-7/h8-11H,1H2,2-7H3,(H2,23,24,27). The number of carbonyl (C=O) groups is 3. The second-order valence-electron chi connectivity index (χ2n) is 7.31. The maximum atomic E-state index is 12.7. The van der Waals surface area contributed by atoms with E-state index in [0.717, 1.165) is 28.0 Å². The van der Waals surface area contributed by atoms with Crippen LogP contribution in [0.2, 0.25) is 0 Å². The summed E-state index contributed by atoms with van der Waals surface area (Å²) in [4.78, 5) is 37.2. The van der Waals surface area contributed by atoms with Crippen LogP contribution in [0.1, 0.15) is 57.5 Å². The molecule has 0 aliphatic carbocycles. The molecule has 160 valence electrons. The zero-order chi connectivity index (χ0) is 22.6. The molecule has 0 saturated carbocycles. The van der Waals surface area contributed by atoms with Crippen molar-refractivity contribution >= 4 is 39.9 Å². The summed E-state index contributed by atoms with van der Waals surface area (Å²) < 4.78 is 9.56. The molecule has 8 heteroatoms. The van der Waals surface area contributed by atoms with Crippen LogP contribution in [-0.4, -0.2) is 32.2 Å². The Morgan fingerprint density at radius 3 is 2.30 bits per heavy atom. The van der Waals surface area contributed by atoms with Gasteiger partial charge in [0, 0.05) is 0 Å². The number of methoxy groups -OCH3 is 2. The van der Waals surface area contributed by atoms with E-state index in [9.17, 15) is 14.4 Å². The number of rotatable bonds is 6. The zero-order valence-electron chi connectivity index (χ0n) is 18.0. The number of amides is 2. The van der Waals surface area contributed by atoms with Crippen LogP contribution in [0.3, 0.4) is 0 Å². The van der Waals surface area contributed by atoms with Crippen molar-refractivity contribution in [2.45, 2.75) is 33.2 Å². The Labute approximate surface area is 180 Å². The van der Waals surface area contributed by atoms with E-state index in [2.05, 4.69) is 17.2 Å². The molecule has 1 aromatic heterocycles. The Bertz CT molecular complexity index is 1010. The molecule has 0 fully saturated rings. The molecule has 30 heavy (non-hydrogen) atoms. The summed E-state index contributed by atoms with van der Waals surface area (Å²) >= 11 is 0.960. The molecular weight excluding hydrogens is 404 g/mol. The highest BCUT2D eigenvalue weighted by Gasteiger charge is 2.28. The molecule has 0 aliphatic heterocycles. The van der Waals surface area contributed by atoms with E-state index < -0.39 is 23.5 Å². The van der Waals surface area contributed by atoms with Crippen LogP contribution in [0.25, 0.3) is 5.57 Å². The number of esters is 2. The van der Waals surface area contributed by atoms with Crippen molar-refractivity contribution in [1.82, 2.24) is 5.32 Å². The van der Waals surface area contributed by atoms with Crippen LogP contribution in [-0.2, 0) is 15.0 Å². The van der Waals surface area contributed by atoms with Gasteiger partial charge in [-0.15, -0.1) is 11.3 Å². The molecule has 0 saturated heterocycles. The molecule has 2 rings (SSSR count). The fourth-order valence-electron chi connectivity index (χ4n) is 2.90. The van der Waals surface area contributed by atoms with Crippen LogP contribution in [0.5, 0.6) is 0 Å². The maximum absolute atomic E-state index is 12.7. The van der Waals surface area contributed by atoms with Crippen molar-refractivity contribution in [3.05, 3.63) is 58.0 Å². The number of thiophene rings is 1. The normalized spacial score (nSPS) is 10.9. The molecule has 1 heterocycles. The molecule has 0 unspecified atom stereocenters. The smallest absolute Gasteiger partial charge is 0.348 e. The molecule has 2 amide bonds. The highest BCUT2D eigenvalue weighted by molar-refractivity contribution is 7.18. The Balaban J connectivity index is 2.31. The molecule has 0 spiro atoms. The first kappa shape index (κ1) is 23.2. The van der Waals surface area contributed by atoms with Crippen molar-refractivity contribution in [2.75, 3.05) is 19.5 Å². The fourth-order valence-corrected chi connectivity index (χ4v) is 4.01. The summed E-state index contributed by atoms with van der Waals surface area (Å²) in [7, 11) is 2.49. The number of urea groups is 1. The third-order valence-corrected chi connectivity index (χ3v) is 5.82. The number of hydrogen-bond donors (Lipinski definition) is 2. The molecular formula is C22H26N2O5S. The second-order valence-corrected chi connectivity index (χ2v) is 8.33. The lowest BCUT2D eigenvalue weighted by Crippen LogP contribution is -2.43. The first-order valence-corrected chi connectivity index (χ1v) is 9.99. The monoisotopic (exact) mass is 430 g/mol. The van der Waals surface area contributed by atoms with Gasteiger partial charge in [-0.3, -0.25) is 5.32 Å². The average Bonchev–Trinajstić information content (AvgIpc) is 3.02. The van der Waals surface area contributed by atoms with Gasteiger partial charge < -0.3 is 14.8 Å². The number of carbonyl (C=O) groups excluding carboxylic acids is 3. The van der Waals surface area contributed by atoms with Gasteiger partial charge in [-0.05, 0) is 50.5 Å². The molecule has 1 aromatic carbocycles. The van der Waals surface area contributed by atoms with Gasteiger partial charge in [0.25, 0.3) is 0 Å². The summed E-state index contributed by atoms with van der Waals surface area (Å²) in [6.07, 6.45) is 0. The number of hydrogen-bond acceptors (Lipinski definition) is 6. The van der Waals surface area contributed by atoms with E-state index in [1.54, 1.807) is 6.92 Å². The molecule has 0 radical (unpaired) electrons. The van der Waals surface area contributed by atoms with Crippen molar-refractivity contribution in [2.24, 2.45) is 0 Å². The van der Waals surface area contributed by atoms with E-state index in [1.165, 1.54) is 14.2 Å². The van der Waals surface area contributed by atoms with E-state index in [4.69, 9.17) is 9.47 Å². The SMILES string of the molecule is C=C(C)c1cccc(C(C)(C)NC(=O)Nc2sc(C(=O)OC)c(C)c2C(=O)OC)c1. The molecule has 2 N–H and O–H groups in total. The minimum atomic E-state index is -0.710. The maximum Gasteiger partial charge on any atom is 0.348 e. The fraction of sp³-hybridized carbons (Fsp3) is 0.318. The highest BCUT2D eigenvalue weighted by Crippen LogP contribution is 2.34. The first-order valence-electron chi connectivity index (χ1n) is 9.17. The predicted octanol–water partition coefficient (Wildman–Crippen LogP) is 4.72. The van der Waals surface area contributed by atoms with Crippen LogP contribution in [0.15, 0.2) is 30.8 Å². The van der Waals surface area contributed by atoms with E-state index >= 15 is 0 Å². The summed E-state index contributed by atoms with van der Waals surface area (Å²) in [6.45, 7) is 11.2. The first-order chi connectivity index (χ1) is 14.0. The number of benzene rings is 1. The van der Waals surface area contributed by atoms with Crippen molar-refractivity contribution in [1.29, 1.82) is 0 Å². The number of ether oxygens (including phenoxy) is 2. The zero-order valence-corrected chi connectivity index (χ0v) is 18.8. The third kappa shape index (κ3) is 4.88. The van der Waals surface area contributed by atoms with Crippen LogP contribution < -0.4 is 10.6 Å². The molecule has 2 aromatic rings.